The number of amides is 1. The lowest BCUT2D eigenvalue weighted by Gasteiger charge is -2.20. The molecule has 6 nitrogen and oxygen atoms in total. The second kappa shape index (κ2) is 9.67. The van der Waals surface area contributed by atoms with Crippen LogP contribution >= 0.6 is 0 Å². The highest BCUT2D eigenvalue weighted by molar-refractivity contribution is 7.92. The predicted molar refractivity (Wildman–Crippen MR) is 128 cm³/mol. The van der Waals surface area contributed by atoms with Gasteiger partial charge in [0.05, 0.1) is 16.6 Å². The van der Waals surface area contributed by atoms with E-state index in [-0.39, 0.29) is 16.8 Å². The molecule has 0 bridgehead atoms. The molecule has 7 heteroatoms. The number of anilines is 1. The molecular weight excluding hydrogens is 434 g/mol. The maximum atomic E-state index is 13.0. The van der Waals surface area contributed by atoms with Crippen LogP contribution in [0.4, 0.5) is 5.69 Å². The molecule has 0 spiro atoms. The van der Waals surface area contributed by atoms with Gasteiger partial charge in [-0.3, -0.25) is 14.5 Å². The van der Waals surface area contributed by atoms with Crippen LogP contribution in [0.25, 0.3) is 0 Å². The van der Waals surface area contributed by atoms with Crippen LogP contribution in [0.15, 0.2) is 108 Å². The number of nitrogens with zero attached hydrogens (tertiary/aromatic N) is 1. The van der Waals surface area contributed by atoms with E-state index in [4.69, 9.17) is 0 Å². The summed E-state index contributed by atoms with van der Waals surface area (Å²) in [6, 6.07) is 26.0. The highest BCUT2D eigenvalue weighted by atomic mass is 32.2. The fraction of sp³-hybridized carbons (Fsp3) is 0.0769. The molecule has 0 fully saturated rings. The fourth-order valence-corrected chi connectivity index (χ4v) is 4.58. The predicted octanol–water partition coefficient (Wildman–Crippen LogP) is 4.71. The van der Waals surface area contributed by atoms with Crippen molar-refractivity contribution in [1.29, 1.82) is 0 Å². The molecule has 0 saturated heterocycles. The Morgan fingerprint density at radius 1 is 0.788 bits per heavy atom. The molecule has 2 N–H and O–H groups in total. The number of rotatable bonds is 7. The van der Waals surface area contributed by atoms with Gasteiger partial charge in [-0.15, -0.1) is 0 Å². The molecule has 1 heterocycles. The van der Waals surface area contributed by atoms with Crippen LogP contribution in [-0.4, -0.2) is 19.3 Å². The summed E-state index contributed by atoms with van der Waals surface area (Å²) in [7, 11) is -3.78. The van der Waals surface area contributed by atoms with Gasteiger partial charge in [-0.05, 0) is 66.1 Å². The van der Waals surface area contributed by atoms with Crippen molar-refractivity contribution in [3.8, 4) is 0 Å². The first kappa shape index (κ1) is 22.2. The molecule has 1 unspecified atom stereocenters. The Kier molecular flexibility index (Phi) is 6.51. The van der Waals surface area contributed by atoms with Gasteiger partial charge >= 0.3 is 0 Å². The molecule has 4 aromatic rings. The Labute approximate surface area is 193 Å². The summed E-state index contributed by atoms with van der Waals surface area (Å²) < 4.78 is 28.1. The quantitative estimate of drug-likeness (QED) is 0.421. The van der Waals surface area contributed by atoms with Gasteiger partial charge in [0.1, 0.15) is 0 Å². The zero-order valence-electron chi connectivity index (χ0n) is 18.0. The standard InChI is InChI=1S/C26H23N3O3S/c1-19-7-5-6-10-24(19)29-33(31,32)23-13-11-22(12-14-23)26(30)28-25(20-8-3-2-4-9-20)21-15-17-27-18-16-21/h2-18,25,29H,1H3,(H,28,30). The number of nitrogens with one attached hydrogen (secondary N) is 2. The number of carbonyl (C=O) groups is 1. The zero-order chi connectivity index (χ0) is 23.3. The van der Waals surface area contributed by atoms with E-state index >= 15 is 0 Å². The first-order valence-corrected chi connectivity index (χ1v) is 11.9. The molecule has 33 heavy (non-hydrogen) atoms. The first-order valence-electron chi connectivity index (χ1n) is 10.4. The second-order valence-electron chi connectivity index (χ2n) is 7.54. The molecule has 0 saturated carbocycles. The minimum Gasteiger partial charge on any atom is -0.341 e. The van der Waals surface area contributed by atoms with Gasteiger partial charge < -0.3 is 5.32 Å². The summed E-state index contributed by atoms with van der Waals surface area (Å²) in [5.74, 6) is -0.309. The van der Waals surface area contributed by atoms with Crippen LogP contribution in [0.5, 0.6) is 0 Å². The van der Waals surface area contributed by atoms with Crippen molar-refractivity contribution < 1.29 is 13.2 Å². The van der Waals surface area contributed by atoms with Crippen molar-refractivity contribution in [2.45, 2.75) is 17.9 Å². The Balaban J connectivity index is 1.54. The lowest BCUT2D eigenvalue weighted by atomic mass is 9.99. The molecule has 1 atom stereocenters. The van der Waals surface area contributed by atoms with Crippen LogP contribution in [0.2, 0.25) is 0 Å². The van der Waals surface area contributed by atoms with Crippen molar-refractivity contribution in [1.82, 2.24) is 10.3 Å². The van der Waals surface area contributed by atoms with Crippen molar-refractivity contribution in [3.05, 3.63) is 126 Å². The first-order chi connectivity index (χ1) is 15.9. The number of carbonyl (C=O) groups excluding carboxylic acids is 1. The monoisotopic (exact) mass is 457 g/mol. The van der Waals surface area contributed by atoms with Crippen molar-refractivity contribution in [3.63, 3.8) is 0 Å². The van der Waals surface area contributed by atoms with E-state index in [2.05, 4.69) is 15.0 Å². The fourth-order valence-electron chi connectivity index (χ4n) is 3.45. The topological polar surface area (TPSA) is 88.2 Å². The number of aromatic nitrogens is 1. The van der Waals surface area contributed by atoms with Gasteiger partial charge in [0.25, 0.3) is 15.9 Å². The van der Waals surface area contributed by atoms with E-state index in [0.29, 0.717) is 11.3 Å². The summed E-state index contributed by atoms with van der Waals surface area (Å²) in [6.07, 6.45) is 3.36. The van der Waals surface area contributed by atoms with Crippen LogP contribution in [-0.2, 0) is 10.0 Å². The Hall–Kier alpha value is -3.97. The SMILES string of the molecule is Cc1ccccc1NS(=O)(=O)c1ccc(C(=O)NC(c2ccccc2)c2ccncc2)cc1. The molecular formula is C26H23N3O3S. The number of benzene rings is 3. The van der Waals surface area contributed by atoms with E-state index in [1.54, 1.807) is 24.5 Å². The highest BCUT2D eigenvalue weighted by Gasteiger charge is 2.19. The number of hydrogen-bond donors (Lipinski definition) is 2. The van der Waals surface area contributed by atoms with Crippen LogP contribution in [0.1, 0.15) is 33.1 Å². The number of sulfonamides is 1. The summed E-state index contributed by atoms with van der Waals surface area (Å²) in [5, 5.41) is 3.04. The third-order valence-electron chi connectivity index (χ3n) is 5.26. The number of pyridine rings is 1. The van der Waals surface area contributed by atoms with Gasteiger partial charge in [0.2, 0.25) is 0 Å². The van der Waals surface area contributed by atoms with Crippen molar-refractivity contribution in [2.75, 3.05) is 4.72 Å². The molecule has 0 aliphatic rings. The summed E-state index contributed by atoms with van der Waals surface area (Å²) >= 11 is 0. The minimum absolute atomic E-state index is 0.0797. The third-order valence-corrected chi connectivity index (χ3v) is 6.65. The number of aryl methyl sites for hydroxylation is 1. The molecule has 1 amide bonds. The number of hydrogen-bond acceptors (Lipinski definition) is 4. The van der Waals surface area contributed by atoms with Crippen LogP contribution in [0, 0.1) is 6.92 Å². The lowest BCUT2D eigenvalue weighted by molar-refractivity contribution is 0.0943. The molecule has 3 aromatic carbocycles. The van der Waals surface area contributed by atoms with Crippen molar-refractivity contribution >= 4 is 21.6 Å². The van der Waals surface area contributed by atoms with Gasteiger partial charge in [-0.1, -0.05) is 48.5 Å². The summed E-state index contributed by atoms with van der Waals surface area (Å²) in [4.78, 5) is 17.1. The summed E-state index contributed by atoms with van der Waals surface area (Å²) in [6.45, 7) is 1.83. The van der Waals surface area contributed by atoms with Crippen LogP contribution < -0.4 is 10.0 Å². The number of para-hydroxylation sites is 1. The molecule has 4 rings (SSSR count). The average Bonchev–Trinajstić information content (AvgIpc) is 2.85. The van der Waals surface area contributed by atoms with Gasteiger partial charge in [-0.2, -0.15) is 0 Å². The van der Waals surface area contributed by atoms with E-state index < -0.39 is 10.0 Å². The molecule has 0 aliphatic carbocycles. The largest absolute Gasteiger partial charge is 0.341 e. The van der Waals surface area contributed by atoms with E-state index in [0.717, 1.165) is 16.7 Å². The molecule has 0 aliphatic heterocycles. The second-order valence-corrected chi connectivity index (χ2v) is 9.22. The minimum atomic E-state index is -3.78. The van der Waals surface area contributed by atoms with Gasteiger partial charge in [0, 0.05) is 18.0 Å². The molecule has 166 valence electrons. The molecule has 0 radical (unpaired) electrons. The highest BCUT2D eigenvalue weighted by Crippen LogP contribution is 2.23. The van der Waals surface area contributed by atoms with Gasteiger partial charge in [-0.25, -0.2) is 8.42 Å². The van der Waals surface area contributed by atoms with E-state index in [9.17, 15) is 13.2 Å². The Morgan fingerprint density at radius 3 is 2.06 bits per heavy atom. The normalized spacial score (nSPS) is 12.0. The Morgan fingerprint density at radius 2 is 1.39 bits per heavy atom. The van der Waals surface area contributed by atoms with E-state index in [1.807, 2.05) is 61.5 Å². The van der Waals surface area contributed by atoms with E-state index in [1.165, 1.54) is 24.3 Å². The zero-order valence-corrected chi connectivity index (χ0v) is 18.8. The smallest absolute Gasteiger partial charge is 0.261 e. The Bertz CT molecular complexity index is 1300. The van der Waals surface area contributed by atoms with Crippen molar-refractivity contribution in [2.24, 2.45) is 0 Å². The average molecular weight is 458 g/mol. The maximum absolute atomic E-state index is 13.0. The van der Waals surface area contributed by atoms with Gasteiger partial charge in [0.15, 0.2) is 0 Å². The lowest BCUT2D eigenvalue weighted by Crippen LogP contribution is -2.29. The summed E-state index contributed by atoms with van der Waals surface area (Å²) in [5.41, 5.74) is 3.52. The maximum Gasteiger partial charge on any atom is 0.261 e. The third kappa shape index (κ3) is 5.27. The molecule has 1 aromatic heterocycles. The van der Waals surface area contributed by atoms with Crippen LogP contribution in [0.3, 0.4) is 0 Å².